The molecule has 0 aromatic heterocycles. The van der Waals surface area contributed by atoms with Crippen molar-refractivity contribution in [2.75, 3.05) is 26.3 Å². The number of aliphatic imine (C=N–C) groups is 1. The van der Waals surface area contributed by atoms with Gasteiger partial charge in [0, 0.05) is 32.3 Å². The maximum atomic E-state index is 5.53. The van der Waals surface area contributed by atoms with Crippen LogP contribution in [0.3, 0.4) is 0 Å². The lowest BCUT2D eigenvalue weighted by Gasteiger charge is -2.16. The van der Waals surface area contributed by atoms with Crippen LogP contribution in [0.1, 0.15) is 46.0 Å². The van der Waals surface area contributed by atoms with Crippen LogP contribution >= 0.6 is 24.0 Å². The fraction of sp³-hybridized carbons (Fsp3) is 0.800. The Morgan fingerprint density at radius 2 is 1.90 bits per heavy atom. The zero-order valence-corrected chi connectivity index (χ0v) is 15.2. The van der Waals surface area contributed by atoms with Gasteiger partial charge in [-0.1, -0.05) is 25.5 Å². The fourth-order valence-corrected chi connectivity index (χ4v) is 1.95. The van der Waals surface area contributed by atoms with Crippen molar-refractivity contribution in [3.05, 3.63) is 12.2 Å². The van der Waals surface area contributed by atoms with E-state index in [1.165, 1.54) is 6.42 Å². The minimum atomic E-state index is 0. The van der Waals surface area contributed by atoms with Crippen LogP contribution in [0.4, 0.5) is 0 Å². The number of ether oxygens (including phenoxy) is 1. The van der Waals surface area contributed by atoms with E-state index in [-0.39, 0.29) is 24.0 Å². The molecular weight excluding hydrogens is 365 g/mol. The van der Waals surface area contributed by atoms with E-state index in [2.05, 4.69) is 41.6 Å². The van der Waals surface area contributed by atoms with Crippen LogP contribution in [0.15, 0.2) is 17.1 Å². The zero-order valence-electron chi connectivity index (χ0n) is 12.9. The van der Waals surface area contributed by atoms with Crippen LogP contribution in [-0.4, -0.2) is 38.3 Å². The van der Waals surface area contributed by atoms with Crippen molar-refractivity contribution >= 4 is 29.9 Å². The Balaban J connectivity index is 0.00000361. The SMILES string of the molecule is CCCCOCCCN=C(NCC)NC1CC=CC1.I. The van der Waals surface area contributed by atoms with Gasteiger partial charge in [0.15, 0.2) is 5.96 Å². The van der Waals surface area contributed by atoms with Gasteiger partial charge in [-0.3, -0.25) is 4.99 Å². The standard InChI is InChI=1S/C15H29N3O.HI/c1-3-5-12-19-13-8-11-17-15(16-4-2)18-14-9-6-7-10-14;/h6-7,14H,3-5,8-13H2,1-2H3,(H2,16,17,18);1H. The zero-order chi connectivity index (χ0) is 13.8. The van der Waals surface area contributed by atoms with Crippen molar-refractivity contribution in [1.82, 2.24) is 10.6 Å². The van der Waals surface area contributed by atoms with Gasteiger partial charge < -0.3 is 15.4 Å². The van der Waals surface area contributed by atoms with Gasteiger partial charge >= 0.3 is 0 Å². The van der Waals surface area contributed by atoms with Gasteiger partial charge in [-0.2, -0.15) is 0 Å². The number of nitrogens with one attached hydrogen (secondary N) is 2. The molecule has 0 bridgehead atoms. The summed E-state index contributed by atoms with van der Waals surface area (Å²) in [4.78, 5) is 4.58. The average Bonchev–Trinajstić information content (AvgIpc) is 2.91. The predicted molar refractivity (Wildman–Crippen MR) is 97.0 cm³/mol. The van der Waals surface area contributed by atoms with Crippen LogP contribution in [-0.2, 0) is 4.74 Å². The summed E-state index contributed by atoms with van der Waals surface area (Å²) in [6.07, 6.45) is 9.99. The third-order valence-corrected chi connectivity index (χ3v) is 3.05. The fourth-order valence-electron chi connectivity index (χ4n) is 1.95. The van der Waals surface area contributed by atoms with Crippen LogP contribution < -0.4 is 10.6 Å². The number of hydrogen-bond donors (Lipinski definition) is 2. The lowest BCUT2D eigenvalue weighted by molar-refractivity contribution is 0.130. The molecule has 0 atom stereocenters. The number of halogens is 1. The molecule has 20 heavy (non-hydrogen) atoms. The predicted octanol–water partition coefficient (Wildman–Crippen LogP) is 3.08. The molecule has 0 aromatic carbocycles. The topological polar surface area (TPSA) is 45.6 Å². The number of rotatable bonds is 9. The molecule has 0 aromatic rings. The summed E-state index contributed by atoms with van der Waals surface area (Å²) in [5, 5.41) is 6.75. The summed E-state index contributed by atoms with van der Waals surface area (Å²) in [5.41, 5.74) is 0. The summed E-state index contributed by atoms with van der Waals surface area (Å²) in [6.45, 7) is 7.69. The lowest BCUT2D eigenvalue weighted by atomic mass is 10.2. The van der Waals surface area contributed by atoms with Crippen molar-refractivity contribution in [2.24, 2.45) is 4.99 Å². The molecule has 0 fully saturated rings. The molecule has 1 rings (SSSR count). The van der Waals surface area contributed by atoms with E-state index in [1.807, 2.05) is 0 Å². The third-order valence-electron chi connectivity index (χ3n) is 3.05. The highest BCUT2D eigenvalue weighted by Crippen LogP contribution is 2.08. The van der Waals surface area contributed by atoms with E-state index < -0.39 is 0 Å². The van der Waals surface area contributed by atoms with Crippen molar-refractivity contribution in [3.8, 4) is 0 Å². The number of hydrogen-bond acceptors (Lipinski definition) is 2. The molecule has 118 valence electrons. The summed E-state index contributed by atoms with van der Waals surface area (Å²) >= 11 is 0. The second kappa shape index (κ2) is 13.7. The van der Waals surface area contributed by atoms with E-state index in [0.29, 0.717) is 6.04 Å². The lowest BCUT2D eigenvalue weighted by Crippen LogP contribution is -2.42. The summed E-state index contributed by atoms with van der Waals surface area (Å²) in [7, 11) is 0. The highest BCUT2D eigenvalue weighted by molar-refractivity contribution is 14.0. The summed E-state index contributed by atoms with van der Waals surface area (Å²) < 4.78 is 5.53. The largest absolute Gasteiger partial charge is 0.381 e. The minimum absolute atomic E-state index is 0. The van der Waals surface area contributed by atoms with Gasteiger partial charge in [0.05, 0.1) is 0 Å². The van der Waals surface area contributed by atoms with Crippen molar-refractivity contribution in [1.29, 1.82) is 0 Å². The quantitative estimate of drug-likeness (QED) is 0.207. The molecule has 4 nitrogen and oxygen atoms in total. The molecule has 0 heterocycles. The van der Waals surface area contributed by atoms with Crippen molar-refractivity contribution in [3.63, 3.8) is 0 Å². The molecular formula is C15H30IN3O. The first-order valence-electron chi connectivity index (χ1n) is 7.64. The maximum absolute atomic E-state index is 5.53. The maximum Gasteiger partial charge on any atom is 0.191 e. The first-order chi connectivity index (χ1) is 9.36. The molecule has 0 unspecified atom stereocenters. The Morgan fingerprint density at radius 3 is 2.55 bits per heavy atom. The van der Waals surface area contributed by atoms with E-state index in [4.69, 9.17) is 4.74 Å². The normalized spacial score (nSPS) is 15.2. The van der Waals surface area contributed by atoms with Gasteiger partial charge in [0.1, 0.15) is 0 Å². The highest BCUT2D eigenvalue weighted by Gasteiger charge is 2.10. The monoisotopic (exact) mass is 395 g/mol. The van der Waals surface area contributed by atoms with Crippen LogP contribution in [0.25, 0.3) is 0 Å². The minimum Gasteiger partial charge on any atom is -0.381 e. The van der Waals surface area contributed by atoms with E-state index in [9.17, 15) is 0 Å². The smallest absolute Gasteiger partial charge is 0.191 e. The molecule has 1 aliphatic carbocycles. The molecule has 0 aliphatic heterocycles. The molecule has 1 aliphatic rings. The Bertz CT molecular complexity index is 274. The van der Waals surface area contributed by atoms with Crippen molar-refractivity contribution < 1.29 is 4.74 Å². The summed E-state index contributed by atoms with van der Waals surface area (Å²) in [6, 6.07) is 0.513. The number of unbranched alkanes of at least 4 members (excludes halogenated alkanes) is 1. The Morgan fingerprint density at radius 1 is 1.20 bits per heavy atom. The van der Waals surface area contributed by atoms with E-state index >= 15 is 0 Å². The first kappa shape index (κ1) is 19.7. The van der Waals surface area contributed by atoms with Crippen LogP contribution in [0.5, 0.6) is 0 Å². The molecule has 2 N–H and O–H groups in total. The molecule has 0 amide bonds. The van der Waals surface area contributed by atoms with Gasteiger partial charge in [-0.05, 0) is 32.6 Å². The van der Waals surface area contributed by atoms with Crippen molar-refractivity contribution in [2.45, 2.75) is 52.0 Å². The Labute approximate surface area is 140 Å². The van der Waals surface area contributed by atoms with Gasteiger partial charge in [-0.15, -0.1) is 24.0 Å². The van der Waals surface area contributed by atoms with Crippen LogP contribution in [0.2, 0.25) is 0 Å². The second-order valence-corrected chi connectivity index (χ2v) is 4.86. The molecule has 0 saturated carbocycles. The molecule has 0 radical (unpaired) electrons. The van der Waals surface area contributed by atoms with E-state index in [1.54, 1.807) is 0 Å². The van der Waals surface area contributed by atoms with Gasteiger partial charge in [-0.25, -0.2) is 0 Å². The van der Waals surface area contributed by atoms with Crippen LogP contribution in [0, 0.1) is 0 Å². The molecule has 0 spiro atoms. The highest BCUT2D eigenvalue weighted by atomic mass is 127. The Hall–Kier alpha value is -0.300. The first-order valence-corrected chi connectivity index (χ1v) is 7.64. The molecule has 0 saturated heterocycles. The Kier molecular flexibility index (Phi) is 13.5. The second-order valence-electron chi connectivity index (χ2n) is 4.86. The third kappa shape index (κ3) is 9.58. The molecule has 5 heteroatoms. The number of nitrogens with zero attached hydrogens (tertiary/aromatic N) is 1. The van der Waals surface area contributed by atoms with Gasteiger partial charge in [0.2, 0.25) is 0 Å². The average molecular weight is 395 g/mol. The van der Waals surface area contributed by atoms with Gasteiger partial charge in [0.25, 0.3) is 0 Å². The summed E-state index contributed by atoms with van der Waals surface area (Å²) in [5.74, 6) is 0.935. The number of guanidine groups is 1. The van der Waals surface area contributed by atoms with E-state index in [0.717, 1.165) is 57.9 Å².